The van der Waals surface area contributed by atoms with E-state index in [2.05, 4.69) is 4.90 Å². The quantitative estimate of drug-likeness (QED) is 0.618. The second-order valence-corrected chi connectivity index (χ2v) is 5.35. The maximum Gasteiger partial charge on any atom is 0.270 e. The van der Waals surface area contributed by atoms with Gasteiger partial charge < -0.3 is 4.90 Å². The van der Waals surface area contributed by atoms with Crippen molar-refractivity contribution in [3.8, 4) is 6.07 Å². The minimum atomic E-state index is -0.476. The Morgan fingerprint density at radius 2 is 2.39 bits per heavy atom. The van der Waals surface area contributed by atoms with Crippen molar-refractivity contribution in [1.82, 2.24) is 0 Å². The zero-order chi connectivity index (χ0) is 13.1. The summed E-state index contributed by atoms with van der Waals surface area (Å²) >= 11 is 1.89. The van der Waals surface area contributed by atoms with Crippen LogP contribution in [-0.2, 0) is 0 Å². The first-order valence-corrected chi connectivity index (χ1v) is 6.78. The molecule has 0 spiro atoms. The molecular formula is C12H13N3O2S. The van der Waals surface area contributed by atoms with Crippen LogP contribution >= 0.6 is 11.8 Å². The van der Waals surface area contributed by atoms with Crippen LogP contribution in [0, 0.1) is 21.4 Å². The van der Waals surface area contributed by atoms with Gasteiger partial charge in [-0.15, -0.1) is 0 Å². The summed E-state index contributed by atoms with van der Waals surface area (Å²) in [6.07, 6.45) is 1.09. The highest BCUT2D eigenvalue weighted by Crippen LogP contribution is 2.30. The van der Waals surface area contributed by atoms with E-state index in [0.717, 1.165) is 23.6 Å². The second-order valence-electron chi connectivity index (χ2n) is 4.20. The monoisotopic (exact) mass is 263 g/mol. The molecule has 18 heavy (non-hydrogen) atoms. The summed E-state index contributed by atoms with van der Waals surface area (Å²) in [4.78, 5) is 12.3. The van der Waals surface area contributed by atoms with E-state index in [1.807, 2.05) is 24.9 Å². The van der Waals surface area contributed by atoms with E-state index >= 15 is 0 Å². The molecule has 94 valence electrons. The summed E-state index contributed by atoms with van der Waals surface area (Å²) in [7, 11) is 1.94. The maximum absolute atomic E-state index is 10.7. The predicted molar refractivity (Wildman–Crippen MR) is 71.9 cm³/mol. The number of nitro groups is 1. The first-order valence-electron chi connectivity index (χ1n) is 5.62. The average molecular weight is 263 g/mol. The predicted octanol–water partition coefficient (Wildman–Crippen LogP) is 2.41. The molecule has 6 heteroatoms. The maximum atomic E-state index is 10.7. The third-order valence-corrected chi connectivity index (χ3v) is 4.29. The fourth-order valence-electron chi connectivity index (χ4n) is 2.06. The highest BCUT2D eigenvalue weighted by Gasteiger charge is 2.23. The van der Waals surface area contributed by atoms with Crippen molar-refractivity contribution in [3.05, 3.63) is 33.9 Å². The van der Waals surface area contributed by atoms with Gasteiger partial charge in [-0.1, -0.05) is 0 Å². The third kappa shape index (κ3) is 2.41. The van der Waals surface area contributed by atoms with Crippen molar-refractivity contribution in [1.29, 1.82) is 5.26 Å². The van der Waals surface area contributed by atoms with E-state index in [0.29, 0.717) is 11.6 Å². The van der Waals surface area contributed by atoms with Crippen molar-refractivity contribution in [2.24, 2.45) is 0 Å². The first-order chi connectivity index (χ1) is 8.63. The van der Waals surface area contributed by atoms with Gasteiger partial charge in [-0.05, 0) is 18.2 Å². The van der Waals surface area contributed by atoms with Crippen LogP contribution in [0.15, 0.2) is 18.2 Å². The van der Waals surface area contributed by atoms with Crippen LogP contribution in [0.5, 0.6) is 0 Å². The molecule has 1 atom stereocenters. The number of nitriles is 1. The molecule has 2 rings (SSSR count). The van der Waals surface area contributed by atoms with Crippen molar-refractivity contribution in [3.63, 3.8) is 0 Å². The topological polar surface area (TPSA) is 70.2 Å². The number of nitro benzene ring substituents is 1. The Bertz CT molecular complexity index is 507. The Kier molecular flexibility index (Phi) is 3.72. The van der Waals surface area contributed by atoms with Gasteiger partial charge in [0.25, 0.3) is 5.69 Å². The smallest absolute Gasteiger partial charge is 0.270 e. The number of anilines is 1. The van der Waals surface area contributed by atoms with Crippen molar-refractivity contribution in [2.45, 2.75) is 12.5 Å². The number of benzene rings is 1. The van der Waals surface area contributed by atoms with Crippen LogP contribution in [0.4, 0.5) is 11.4 Å². The molecule has 1 aliphatic rings. The standard InChI is InChI=1S/C12H13N3O2S/c1-14(11-4-5-18-8-11)12-3-2-10(15(16)17)6-9(12)7-13/h2-3,6,11H,4-5,8H2,1H3. The molecule has 0 aromatic heterocycles. The number of hydrogen-bond acceptors (Lipinski definition) is 5. The molecular weight excluding hydrogens is 250 g/mol. The van der Waals surface area contributed by atoms with Gasteiger partial charge in [0.05, 0.1) is 16.2 Å². The summed E-state index contributed by atoms with van der Waals surface area (Å²) in [5.41, 5.74) is 1.10. The van der Waals surface area contributed by atoms with E-state index in [1.54, 1.807) is 6.07 Å². The van der Waals surface area contributed by atoms with Gasteiger partial charge >= 0.3 is 0 Å². The lowest BCUT2D eigenvalue weighted by molar-refractivity contribution is -0.384. The van der Waals surface area contributed by atoms with Gasteiger partial charge in [0.1, 0.15) is 6.07 Å². The summed E-state index contributed by atoms with van der Waals surface area (Å²) in [5.74, 6) is 2.17. The van der Waals surface area contributed by atoms with Crippen LogP contribution in [0.1, 0.15) is 12.0 Å². The first kappa shape index (κ1) is 12.7. The van der Waals surface area contributed by atoms with Crippen molar-refractivity contribution >= 4 is 23.1 Å². The molecule has 0 aliphatic carbocycles. The fourth-order valence-corrected chi connectivity index (χ4v) is 3.33. The molecule has 1 aromatic carbocycles. The highest BCUT2D eigenvalue weighted by atomic mass is 32.2. The SMILES string of the molecule is CN(c1ccc([N+](=O)[O-])cc1C#N)C1CCSC1. The van der Waals surface area contributed by atoms with Gasteiger partial charge in [0.15, 0.2) is 0 Å². The van der Waals surface area contributed by atoms with E-state index in [-0.39, 0.29) is 5.69 Å². The van der Waals surface area contributed by atoms with E-state index in [4.69, 9.17) is 5.26 Å². The molecule has 1 fully saturated rings. The van der Waals surface area contributed by atoms with Crippen LogP contribution in [0.25, 0.3) is 0 Å². The van der Waals surface area contributed by atoms with Crippen LogP contribution in [-0.4, -0.2) is 29.5 Å². The number of thioether (sulfide) groups is 1. The Morgan fingerprint density at radius 3 is 2.94 bits per heavy atom. The number of nitrogens with zero attached hydrogens (tertiary/aromatic N) is 3. The van der Waals surface area contributed by atoms with Gasteiger partial charge in [0.2, 0.25) is 0 Å². The fraction of sp³-hybridized carbons (Fsp3) is 0.417. The summed E-state index contributed by atoms with van der Waals surface area (Å²) < 4.78 is 0. The molecule has 0 amide bonds. The van der Waals surface area contributed by atoms with Crippen molar-refractivity contribution < 1.29 is 4.92 Å². The highest BCUT2D eigenvalue weighted by molar-refractivity contribution is 7.99. The van der Waals surface area contributed by atoms with Crippen molar-refractivity contribution in [2.75, 3.05) is 23.5 Å². The van der Waals surface area contributed by atoms with Gasteiger partial charge in [-0.25, -0.2) is 0 Å². The molecule has 1 unspecified atom stereocenters. The Morgan fingerprint density at radius 1 is 1.61 bits per heavy atom. The number of non-ortho nitro benzene ring substituents is 1. The zero-order valence-electron chi connectivity index (χ0n) is 10.00. The molecule has 0 saturated carbocycles. The number of rotatable bonds is 3. The largest absolute Gasteiger partial charge is 0.370 e. The average Bonchev–Trinajstić information content (AvgIpc) is 2.90. The third-order valence-electron chi connectivity index (χ3n) is 3.14. The molecule has 1 aromatic rings. The lowest BCUT2D eigenvalue weighted by atomic mass is 10.1. The Hall–Kier alpha value is -1.74. The number of hydrogen-bond donors (Lipinski definition) is 0. The summed E-state index contributed by atoms with van der Waals surface area (Å²) in [6.45, 7) is 0. The molecule has 1 saturated heterocycles. The Balaban J connectivity index is 2.32. The normalized spacial score (nSPS) is 18.3. The van der Waals surface area contributed by atoms with Crippen LogP contribution in [0.2, 0.25) is 0 Å². The summed E-state index contributed by atoms with van der Waals surface area (Å²) in [6, 6.07) is 6.91. The molecule has 0 N–H and O–H groups in total. The molecule has 1 aliphatic heterocycles. The van der Waals surface area contributed by atoms with Gasteiger partial charge in [-0.3, -0.25) is 10.1 Å². The van der Waals surface area contributed by atoms with Gasteiger partial charge in [0, 0.05) is 31.0 Å². The molecule has 1 heterocycles. The zero-order valence-corrected chi connectivity index (χ0v) is 10.8. The van der Waals surface area contributed by atoms with Gasteiger partial charge in [-0.2, -0.15) is 17.0 Å². The second kappa shape index (κ2) is 5.27. The molecule has 5 nitrogen and oxygen atoms in total. The lowest BCUT2D eigenvalue weighted by Gasteiger charge is -2.26. The molecule has 0 radical (unpaired) electrons. The minimum Gasteiger partial charge on any atom is -0.370 e. The van der Waals surface area contributed by atoms with E-state index < -0.39 is 4.92 Å². The Labute approximate surface area is 110 Å². The molecule has 0 bridgehead atoms. The van der Waals surface area contributed by atoms with E-state index in [1.165, 1.54) is 12.1 Å². The minimum absolute atomic E-state index is 0.0375. The van der Waals surface area contributed by atoms with E-state index in [9.17, 15) is 10.1 Å². The summed E-state index contributed by atoms with van der Waals surface area (Å²) in [5, 5.41) is 19.8. The van der Waals surface area contributed by atoms with Crippen LogP contribution < -0.4 is 4.90 Å². The lowest BCUT2D eigenvalue weighted by Crippen LogP contribution is -2.31. The van der Waals surface area contributed by atoms with Crippen LogP contribution in [0.3, 0.4) is 0 Å².